The maximum absolute atomic E-state index is 13.2. The average molecular weight is 457 g/mol. The minimum Gasteiger partial charge on any atom is -0.508 e. The molecule has 178 valence electrons. The van der Waals surface area contributed by atoms with Gasteiger partial charge in [-0.05, 0) is 57.9 Å². The summed E-state index contributed by atoms with van der Waals surface area (Å²) in [7, 11) is 1.49. The Morgan fingerprint density at radius 1 is 1.12 bits per heavy atom. The molecule has 7 heteroatoms. The van der Waals surface area contributed by atoms with Crippen LogP contribution < -0.4 is 4.74 Å². The van der Waals surface area contributed by atoms with Gasteiger partial charge in [0.05, 0.1) is 12.7 Å². The molecular formula is C26H32O7. The highest BCUT2D eigenvalue weighted by molar-refractivity contribution is 6.02. The number of fused-ring (bicyclic) bond motifs is 1. The lowest BCUT2D eigenvalue weighted by atomic mass is 9.77. The maximum Gasteiger partial charge on any atom is 0.170 e. The third kappa shape index (κ3) is 4.78. The van der Waals surface area contributed by atoms with Gasteiger partial charge in [0, 0.05) is 29.7 Å². The number of allylic oxidation sites excluding steroid dienone is 2. The van der Waals surface area contributed by atoms with Gasteiger partial charge in [-0.25, -0.2) is 0 Å². The van der Waals surface area contributed by atoms with Crippen LogP contribution in [0.1, 0.15) is 67.1 Å². The molecule has 0 amide bonds. The Morgan fingerprint density at radius 2 is 1.73 bits per heavy atom. The molecule has 2 aromatic carbocycles. The van der Waals surface area contributed by atoms with Gasteiger partial charge in [-0.1, -0.05) is 17.7 Å². The van der Waals surface area contributed by atoms with Crippen LogP contribution in [0.2, 0.25) is 0 Å². The molecule has 3 rings (SSSR count). The van der Waals surface area contributed by atoms with Crippen LogP contribution >= 0.6 is 0 Å². The smallest absolute Gasteiger partial charge is 0.170 e. The number of phenols is 4. The van der Waals surface area contributed by atoms with Gasteiger partial charge in [0.1, 0.15) is 22.8 Å². The number of methoxy groups -OCH3 is 1. The van der Waals surface area contributed by atoms with Crippen molar-refractivity contribution in [2.45, 2.75) is 58.5 Å². The third-order valence-corrected chi connectivity index (χ3v) is 6.39. The zero-order valence-electron chi connectivity index (χ0n) is 19.6. The Balaban J connectivity index is 2.11. The van der Waals surface area contributed by atoms with E-state index in [9.17, 15) is 30.3 Å². The molecule has 33 heavy (non-hydrogen) atoms. The first-order chi connectivity index (χ1) is 15.3. The van der Waals surface area contributed by atoms with E-state index in [0.717, 1.165) is 28.8 Å². The van der Waals surface area contributed by atoms with E-state index in [4.69, 9.17) is 4.74 Å². The van der Waals surface area contributed by atoms with Crippen molar-refractivity contribution in [2.75, 3.05) is 7.11 Å². The van der Waals surface area contributed by atoms with E-state index in [-0.39, 0.29) is 23.5 Å². The summed E-state index contributed by atoms with van der Waals surface area (Å²) in [6, 6.07) is 3.90. The lowest BCUT2D eigenvalue weighted by molar-refractivity contribution is 0.00913. The predicted octanol–water partition coefficient (Wildman–Crippen LogP) is 4.33. The van der Waals surface area contributed by atoms with Crippen LogP contribution in [0, 0.1) is 5.92 Å². The molecule has 0 aromatic heterocycles. The molecule has 2 aromatic rings. The monoisotopic (exact) mass is 456 g/mol. The number of hydrogen-bond donors (Lipinski definition) is 5. The molecule has 0 radical (unpaired) electrons. The summed E-state index contributed by atoms with van der Waals surface area (Å²) < 4.78 is 5.48. The van der Waals surface area contributed by atoms with Crippen LogP contribution in [0.3, 0.4) is 0 Å². The van der Waals surface area contributed by atoms with Crippen molar-refractivity contribution in [3.05, 3.63) is 52.1 Å². The number of Topliss-reactive ketones (excluding diaryl/α,β-unsaturated/α-hetero) is 1. The molecule has 1 aliphatic carbocycles. The number of carbonyl (C=O) groups is 1. The van der Waals surface area contributed by atoms with Crippen molar-refractivity contribution in [1.82, 2.24) is 0 Å². The predicted molar refractivity (Wildman–Crippen MR) is 124 cm³/mol. The number of ketones is 1. The van der Waals surface area contributed by atoms with E-state index in [1.54, 1.807) is 13.8 Å². The van der Waals surface area contributed by atoms with E-state index in [1.807, 2.05) is 26.0 Å². The zero-order valence-corrected chi connectivity index (χ0v) is 19.6. The molecule has 0 spiro atoms. The largest absolute Gasteiger partial charge is 0.508 e. The fourth-order valence-corrected chi connectivity index (χ4v) is 4.76. The molecule has 2 unspecified atom stereocenters. The van der Waals surface area contributed by atoms with Crippen LogP contribution in [-0.4, -0.2) is 44.0 Å². The maximum atomic E-state index is 13.2. The van der Waals surface area contributed by atoms with Gasteiger partial charge in [-0.3, -0.25) is 4.79 Å². The summed E-state index contributed by atoms with van der Waals surface area (Å²) in [5.41, 5.74) is 1.79. The minimum absolute atomic E-state index is 0.00619. The number of phenolic OH excluding ortho intramolecular Hbond substituents is 4. The molecule has 7 nitrogen and oxygen atoms in total. The van der Waals surface area contributed by atoms with Crippen molar-refractivity contribution < 1.29 is 35.1 Å². The molecule has 1 aliphatic rings. The highest BCUT2D eigenvalue weighted by Gasteiger charge is 2.44. The van der Waals surface area contributed by atoms with Gasteiger partial charge < -0.3 is 30.3 Å². The van der Waals surface area contributed by atoms with E-state index in [1.165, 1.54) is 7.11 Å². The van der Waals surface area contributed by atoms with Gasteiger partial charge in [0.25, 0.3) is 0 Å². The number of benzene rings is 2. The highest BCUT2D eigenvalue weighted by Crippen LogP contribution is 2.52. The molecule has 5 N–H and O–H groups in total. The van der Waals surface area contributed by atoms with Gasteiger partial charge in [0.2, 0.25) is 0 Å². The summed E-state index contributed by atoms with van der Waals surface area (Å²) >= 11 is 0. The first-order valence-electron chi connectivity index (χ1n) is 10.9. The minimum atomic E-state index is -1.16. The normalized spacial score (nSPS) is 17.5. The van der Waals surface area contributed by atoms with Crippen LogP contribution in [0.15, 0.2) is 29.8 Å². The summed E-state index contributed by atoms with van der Waals surface area (Å²) in [4.78, 5) is 13.2. The standard InChI is InChI=1S/C26H32O7/c1-13(2)6-7-14-8-16-17(12-22(30)23-20(28)9-15(27)10-21(23)29)19(26(3,4)32)11-18(16)24(31)25(14)33-5/h6,8-10,17,19,27-29,31-32H,7,11-12H2,1-5H3. The van der Waals surface area contributed by atoms with E-state index in [0.29, 0.717) is 24.2 Å². The Kier molecular flexibility index (Phi) is 6.65. The first-order valence-corrected chi connectivity index (χ1v) is 10.9. The lowest BCUT2D eigenvalue weighted by Gasteiger charge is -2.31. The third-order valence-electron chi connectivity index (χ3n) is 6.39. The van der Waals surface area contributed by atoms with Crippen LogP contribution in [-0.2, 0) is 12.8 Å². The Labute approximate surface area is 193 Å². The summed E-state index contributed by atoms with van der Waals surface area (Å²) in [5.74, 6) is -2.40. The molecule has 2 atom stereocenters. The Morgan fingerprint density at radius 3 is 2.24 bits per heavy atom. The van der Waals surface area contributed by atoms with Crippen molar-refractivity contribution >= 4 is 5.78 Å². The van der Waals surface area contributed by atoms with E-state index in [2.05, 4.69) is 0 Å². The summed E-state index contributed by atoms with van der Waals surface area (Å²) in [6.07, 6.45) is 2.77. The molecule has 0 saturated heterocycles. The molecule has 0 saturated carbocycles. The molecule has 0 heterocycles. The second-order valence-corrected chi connectivity index (χ2v) is 9.53. The molecule has 0 fully saturated rings. The van der Waals surface area contributed by atoms with Crippen molar-refractivity contribution in [1.29, 1.82) is 0 Å². The Hall–Kier alpha value is -3.19. The molecule has 0 aliphatic heterocycles. The number of aromatic hydroxyl groups is 4. The van der Waals surface area contributed by atoms with Crippen LogP contribution in [0.25, 0.3) is 0 Å². The Bertz CT molecular complexity index is 1080. The topological polar surface area (TPSA) is 127 Å². The van der Waals surface area contributed by atoms with Crippen molar-refractivity contribution in [3.63, 3.8) is 0 Å². The van der Waals surface area contributed by atoms with Crippen LogP contribution in [0.4, 0.5) is 0 Å². The second-order valence-electron chi connectivity index (χ2n) is 9.53. The van der Waals surface area contributed by atoms with Crippen molar-refractivity contribution in [3.8, 4) is 28.7 Å². The fourth-order valence-electron chi connectivity index (χ4n) is 4.76. The quantitative estimate of drug-likeness (QED) is 0.310. The molecule has 0 bridgehead atoms. The molecular weight excluding hydrogens is 424 g/mol. The SMILES string of the molecule is COc1c(CC=C(C)C)cc2c(c1O)CC(C(C)(C)O)C2CC(=O)c1c(O)cc(O)cc1O. The van der Waals surface area contributed by atoms with E-state index >= 15 is 0 Å². The van der Waals surface area contributed by atoms with E-state index < -0.39 is 34.7 Å². The van der Waals surface area contributed by atoms with Gasteiger partial charge >= 0.3 is 0 Å². The lowest BCUT2D eigenvalue weighted by Crippen LogP contribution is -2.34. The summed E-state index contributed by atoms with van der Waals surface area (Å²) in [5, 5.41) is 51.8. The number of aliphatic hydroxyl groups is 1. The van der Waals surface area contributed by atoms with Crippen LogP contribution in [0.5, 0.6) is 28.7 Å². The number of ether oxygens (including phenoxy) is 1. The highest BCUT2D eigenvalue weighted by atomic mass is 16.5. The zero-order chi connectivity index (χ0) is 24.7. The van der Waals surface area contributed by atoms with Crippen molar-refractivity contribution in [2.24, 2.45) is 5.92 Å². The first kappa shape index (κ1) is 24.5. The average Bonchev–Trinajstić information content (AvgIpc) is 3.04. The van der Waals surface area contributed by atoms with Gasteiger partial charge in [0.15, 0.2) is 17.3 Å². The number of carbonyl (C=O) groups excluding carboxylic acids is 1. The van der Waals surface area contributed by atoms with Gasteiger partial charge in [-0.2, -0.15) is 0 Å². The second kappa shape index (κ2) is 8.98. The number of hydrogen-bond acceptors (Lipinski definition) is 7. The summed E-state index contributed by atoms with van der Waals surface area (Å²) in [6.45, 7) is 7.27. The number of rotatable bonds is 7. The fraction of sp³-hybridized carbons (Fsp3) is 0.423. The van der Waals surface area contributed by atoms with Gasteiger partial charge in [-0.15, -0.1) is 0 Å².